The third-order valence-corrected chi connectivity index (χ3v) is 8.37. The highest BCUT2D eigenvalue weighted by Gasteiger charge is 2.24. The Morgan fingerprint density at radius 2 is 1.18 bits per heavy atom. The van der Waals surface area contributed by atoms with Crippen molar-refractivity contribution in [3.8, 4) is 34.1 Å². The number of halogens is 2. The molecule has 0 radical (unpaired) electrons. The van der Waals surface area contributed by atoms with Crippen LogP contribution in [0.5, 0.6) is 11.5 Å². The fourth-order valence-electron chi connectivity index (χ4n) is 5.86. The maximum absolute atomic E-state index is 13.7. The molecule has 0 aliphatic carbocycles. The van der Waals surface area contributed by atoms with Gasteiger partial charge in [0.1, 0.15) is 40.2 Å². The highest BCUT2D eigenvalue weighted by atomic mass is 19.1. The predicted octanol–water partition coefficient (Wildman–Crippen LogP) is 7.12. The lowest BCUT2D eigenvalue weighted by Crippen LogP contribution is -2.64. The molecule has 1 atom stereocenters. The van der Waals surface area contributed by atoms with Crippen molar-refractivity contribution in [2.45, 2.75) is 0 Å². The molecule has 1 aliphatic heterocycles. The molecular formula is C42H29F2O6+. The zero-order valence-electron chi connectivity index (χ0n) is 27.0. The number of para-hydroxylation sites is 2. The molecule has 0 N–H and O–H groups in total. The average molecular weight is 668 g/mol. The summed E-state index contributed by atoms with van der Waals surface area (Å²) in [6.07, 6.45) is 6.71. The van der Waals surface area contributed by atoms with E-state index in [9.17, 15) is 18.4 Å². The first-order valence-electron chi connectivity index (χ1n) is 15.7. The Morgan fingerprint density at radius 3 is 1.82 bits per heavy atom. The van der Waals surface area contributed by atoms with Crippen molar-refractivity contribution in [3.63, 3.8) is 0 Å². The summed E-state index contributed by atoms with van der Waals surface area (Å²) in [5.74, 6) is 1.60. The van der Waals surface area contributed by atoms with Gasteiger partial charge in [0, 0.05) is 11.5 Å². The second-order valence-electron chi connectivity index (χ2n) is 11.6. The first kappa shape index (κ1) is 32.2. The number of hydrogen-bond acceptors (Lipinski definition) is 5. The smallest absolute Gasteiger partial charge is 0.365 e. The molecule has 0 saturated heterocycles. The van der Waals surface area contributed by atoms with E-state index >= 15 is 0 Å². The van der Waals surface area contributed by atoms with Crippen LogP contribution in [0.3, 0.4) is 0 Å². The summed E-state index contributed by atoms with van der Waals surface area (Å²) in [7, 11) is 3.11. The zero-order chi connectivity index (χ0) is 34.8. The van der Waals surface area contributed by atoms with Crippen molar-refractivity contribution in [1.29, 1.82) is 0 Å². The second-order valence-corrected chi connectivity index (χ2v) is 11.6. The van der Waals surface area contributed by atoms with Crippen LogP contribution in [0.1, 0.15) is 16.7 Å². The minimum absolute atomic E-state index is 0.0159. The second kappa shape index (κ2) is 13.6. The summed E-state index contributed by atoms with van der Waals surface area (Å²) < 4.78 is 51.0. The van der Waals surface area contributed by atoms with E-state index in [-0.39, 0.29) is 16.3 Å². The molecule has 0 saturated carbocycles. The van der Waals surface area contributed by atoms with Gasteiger partial charge in [0.25, 0.3) is 0 Å². The van der Waals surface area contributed by atoms with Gasteiger partial charge < -0.3 is 14.2 Å². The van der Waals surface area contributed by atoms with Gasteiger partial charge in [-0.2, -0.15) is 0 Å². The number of hydrogen-bond donors (Lipinski definition) is 0. The Hall–Kier alpha value is -6.41. The molecule has 50 heavy (non-hydrogen) atoms. The zero-order valence-corrected chi connectivity index (χ0v) is 27.0. The maximum atomic E-state index is 13.7. The summed E-state index contributed by atoms with van der Waals surface area (Å²) in [6, 6.07) is 29.7. The Balaban J connectivity index is 1.33. The largest absolute Gasteiger partial charge is 0.496 e. The average Bonchev–Trinajstić information content (AvgIpc) is 3.16. The molecule has 2 heterocycles. The molecule has 0 bridgehead atoms. The van der Waals surface area contributed by atoms with Gasteiger partial charge in [0.2, 0.25) is 10.9 Å². The van der Waals surface area contributed by atoms with Crippen LogP contribution in [0.2, 0.25) is 0 Å². The number of benzene rings is 4. The maximum Gasteiger partial charge on any atom is 0.365 e. The number of ether oxygens (including phenoxy) is 3. The third kappa shape index (κ3) is 6.39. The Bertz CT molecular complexity index is 2460. The van der Waals surface area contributed by atoms with Gasteiger partial charge in [-0.25, -0.2) is 13.2 Å². The summed E-state index contributed by atoms with van der Waals surface area (Å²) in [5.41, 5.74) is 2.29. The molecule has 6 aromatic rings. The Labute approximate surface area is 285 Å². The molecule has 5 aromatic carbocycles. The Kier molecular flexibility index (Phi) is 8.75. The van der Waals surface area contributed by atoms with Gasteiger partial charge in [-0.15, -0.1) is 0 Å². The van der Waals surface area contributed by atoms with Crippen molar-refractivity contribution in [3.05, 3.63) is 181 Å². The van der Waals surface area contributed by atoms with E-state index in [1.165, 1.54) is 30.3 Å². The highest BCUT2D eigenvalue weighted by Crippen LogP contribution is 2.37. The van der Waals surface area contributed by atoms with E-state index in [0.717, 1.165) is 0 Å². The van der Waals surface area contributed by atoms with Crippen molar-refractivity contribution in [2.24, 2.45) is 5.92 Å². The summed E-state index contributed by atoms with van der Waals surface area (Å²) in [5, 5.41) is 0.0556. The number of methoxy groups -OCH3 is 2. The normalized spacial score (nSPS) is 14.0. The van der Waals surface area contributed by atoms with Crippen LogP contribution in [0, 0.1) is 17.6 Å². The SMILES string of the molecule is COc1ccccc1C1=CC(C=c2c(=O)c(=Cc3cc(-c4ccc(F)cc4)[o+]c(-c4ccccc4OC)c3)c2=O)C=C(c2ccc(F)cc2)O1. The lowest BCUT2D eigenvalue weighted by molar-refractivity contribution is 0.404. The van der Waals surface area contributed by atoms with E-state index in [4.69, 9.17) is 18.6 Å². The number of allylic oxidation sites excluding steroid dienone is 2. The molecule has 1 aromatic heterocycles. The molecule has 246 valence electrons. The van der Waals surface area contributed by atoms with Gasteiger partial charge >= 0.3 is 11.5 Å². The van der Waals surface area contributed by atoms with Crippen molar-refractivity contribution in [2.75, 3.05) is 14.2 Å². The molecule has 8 heteroatoms. The molecule has 0 spiro atoms. The van der Waals surface area contributed by atoms with E-state index in [2.05, 4.69) is 0 Å². The van der Waals surface area contributed by atoms with Crippen LogP contribution < -0.4 is 30.8 Å². The first-order chi connectivity index (χ1) is 24.3. The van der Waals surface area contributed by atoms with E-state index in [1.54, 1.807) is 81.0 Å². The lowest BCUT2D eigenvalue weighted by Gasteiger charge is -2.22. The van der Waals surface area contributed by atoms with E-state index < -0.39 is 22.6 Å². The minimum atomic E-state index is -0.508. The van der Waals surface area contributed by atoms with E-state index in [0.29, 0.717) is 62.4 Å². The molecular weight excluding hydrogens is 638 g/mol. The summed E-state index contributed by atoms with van der Waals surface area (Å²) in [4.78, 5) is 27.1. The van der Waals surface area contributed by atoms with Crippen LogP contribution >= 0.6 is 0 Å². The van der Waals surface area contributed by atoms with Gasteiger partial charge in [-0.3, -0.25) is 9.59 Å². The quantitative estimate of drug-likeness (QED) is 0.161. The fourth-order valence-corrected chi connectivity index (χ4v) is 5.86. The fraction of sp³-hybridized carbons (Fsp3) is 0.0714. The van der Waals surface area contributed by atoms with Crippen LogP contribution in [-0.4, -0.2) is 14.2 Å². The van der Waals surface area contributed by atoms with Gasteiger partial charge in [0.05, 0.1) is 47.9 Å². The van der Waals surface area contributed by atoms with Crippen molar-refractivity contribution >= 4 is 23.7 Å². The molecule has 1 aliphatic rings. The minimum Gasteiger partial charge on any atom is -0.496 e. The molecule has 0 amide bonds. The van der Waals surface area contributed by atoms with E-state index in [1.807, 2.05) is 36.4 Å². The summed E-state index contributed by atoms with van der Waals surface area (Å²) in [6.45, 7) is 0. The predicted molar refractivity (Wildman–Crippen MR) is 189 cm³/mol. The van der Waals surface area contributed by atoms with Crippen LogP contribution in [-0.2, 0) is 4.74 Å². The van der Waals surface area contributed by atoms with Crippen molar-refractivity contribution < 1.29 is 27.4 Å². The van der Waals surface area contributed by atoms with Crippen LogP contribution in [0.25, 0.3) is 46.3 Å². The Morgan fingerprint density at radius 1 is 0.640 bits per heavy atom. The standard InChI is InChI=1S/C42H29F2O6/c1-47-35-9-5-3-7-31(35)39-23-25(21-37(49-39)27-11-15-29(43)16-12-27)19-33-41(45)34(42(33)46)20-26-22-38(28-13-17-30(44)18-14-28)50-40(24-26)32-8-4-6-10-36(32)48-2/h3-25H,1-2H3/q+1. The molecule has 7 rings (SSSR count). The molecule has 1 unspecified atom stereocenters. The lowest BCUT2D eigenvalue weighted by atomic mass is 9.97. The van der Waals surface area contributed by atoms with Crippen LogP contribution in [0.15, 0.2) is 135 Å². The van der Waals surface area contributed by atoms with Gasteiger partial charge in [-0.05, 0) is 96.6 Å². The van der Waals surface area contributed by atoms with Gasteiger partial charge in [-0.1, -0.05) is 30.3 Å². The summed E-state index contributed by atoms with van der Waals surface area (Å²) >= 11 is 0. The highest BCUT2D eigenvalue weighted by molar-refractivity contribution is 5.77. The van der Waals surface area contributed by atoms with Gasteiger partial charge in [0.15, 0.2) is 0 Å². The monoisotopic (exact) mass is 667 g/mol. The van der Waals surface area contributed by atoms with Crippen molar-refractivity contribution in [1.82, 2.24) is 0 Å². The van der Waals surface area contributed by atoms with Crippen LogP contribution in [0.4, 0.5) is 8.78 Å². The topological polar surface area (TPSA) is 73.1 Å². The molecule has 6 nitrogen and oxygen atoms in total. The third-order valence-electron chi connectivity index (χ3n) is 8.37. The number of rotatable bonds is 8. The first-order valence-corrected chi connectivity index (χ1v) is 15.7. The molecule has 0 fully saturated rings.